The van der Waals surface area contributed by atoms with Gasteiger partial charge in [0.15, 0.2) is 0 Å². The summed E-state index contributed by atoms with van der Waals surface area (Å²) in [6, 6.07) is 12.5. The van der Waals surface area contributed by atoms with Crippen LogP contribution in [0.1, 0.15) is 34.0 Å². The van der Waals surface area contributed by atoms with E-state index in [0.717, 1.165) is 16.7 Å². The maximum absolute atomic E-state index is 12.3. The quantitative estimate of drug-likeness (QED) is 0.813. The normalized spacial score (nSPS) is 11.2. The highest BCUT2D eigenvalue weighted by Crippen LogP contribution is 2.14. The molecule has 3 heteroatoms. The van der Waals surface area contributed by atoms with E-state index in [4.69, 9.17) is 0 Å². The fourth-order valence-corrected chi connectivity index (χ4v) is 2.18. The molecule has 0 aliphatic carbocycles. The van der Waals surface area contributed by atoms with E-state index in [1.54, 1.807) is 18.2 Å². The standard InChI is InChI=1S/C20H21NO2/c1-3-4-5-8-17-13-18(11-10-15(17)2)20(23)21-14-16-7-6-9-19(22)12-16/h3-13,22H,14H2,1-2H3,(H,21,23)/b4-3?,8-5-. The molecular formula is C20H21NO2. The van der Waals surface area contributed by atoms with Crippen molar-refractivity contribution in [3.05, 3.63) is 82.9 Å². The summed E-state index contributed by atoms with van der Waals surface area (Å²) in [7, 11) is 0. The number of rotatable bonds is 5. The molecule has 0 aliphatic heterocycles. The number of aryl methyl sites for hydroxylation is 1. The smallest absolute Gasteiger partial charge is 0.251 e. The van der Waals surface area contributed by atoms with Crippen LogP contribution in [0.2, 0.25) is 0 Å². The number of hydrogen-bond donors (Lipinski definition) is 2. The summed E-state index contributed by atoms with van der Waals surface area (Å²) in [5, 5.41) is 12.3. The molecule has 0 bridgehead atoms. The summed E-state index contributed by atoms with van der Waals surface area (Å²) in [5.74, 6) is 0.0671. The van der Waals surface area contributed by atoms with Crippen molar-refractivity contribution in [3.8, 4) is 5.75 Å². The Bertz CT molecular complexity index is 745. The Morgan fingerprint density at radius 1 is 1.17 bits per heavy atom. The van der Waals surface area contributed by atoms with Gasteiger partial charge in [0.25, 0.3) is 5.91 Å². The SMILES string of the molecule is CC=C/C=C\c1cc(C(=O)NCc2cccc(O)c2)ccc1C. The van der Waals surface area contributed by atoms with Gasteiger partial charge in [0.05, 0.1) is 0 Å². The van der Waals surface area contributed by atoms with E-state index in [9.17, 15) is 9.90 Å². The number of hydrogen-bond acceptors (Lipinski definition) is 2. The molecule has 0 saturated heterocycles. The van der Waals surface area contributed by atoms with Gasteiger partial charge in [-0.3, -0.25) is 4.79 Å². The first-order valence-electron chi connectivity index (χ1n) is 7.56. The van der Waals surface area contributed by atoms with E-state index in [0.29, 0.717) is 12.1 Å². The van der Waals surface area contributed by atoms with Crippen LogP contribution in [0.15, 0.2) is 60.7 Å². The second kappa shape index (κ2) is 7.99. The average molecular weight is 307 g/mol. The molecule has 0 spiro atoms. The molecule has 2 N–H and O–H groups in total. The molecule has 118 valence electrons. The molecule has 2 rings (SSSR count). The fourth-order valence-electron chi connectivity index (χ4n) is 2.18. The maximum atomic E-state index is 12.3. The Balaban J connectivity index is 2.08. The van der Waals surface area contributed by atoms with Crippen molar-refractivity contribution in [2.24, 2.45) is 0 Å². The zero-order chi connectivity index (χ0) is 16.7. The zero-order valence-electron chi connectivity index (χ0n) is 13.4. The third-order valence-electron chi connectivity index (χ3n) is 3.48. The van der Waals surface area contributed by atoms with Crippen LogP contribution in [0.4, 0.5) is 0 Å². The summed E-state index contributed by atoms with van der Waals surface area (Å²) in [6.07, 6.45) is 7.85. The topological polar surface area (TPSA) is 49.3 Å². The van der Waals surface area contributed by atoms with Crippen molar-refractivity contribution in [3.63, 3.8) is 0 Å². The molecule has 0 atom stereocenters. The van der Waals surface area contributed by atoms with Crippen molar-refractivity contribution in [1.82, 2.24) is 5.32 Å². The van der Waals surface area contributed by atoms with E-state index < -0.39 is 0 Å². The van der Waals surface area contributed by atoms with Crippen LogP contribution in [0.3, 0.4) is 0 Å². The highest BCUT2D eigenvalue weighted by atomic mass is 16.3. The highest BCUT2D eigenvalue weighted by Gasteiger charge is 2.07. The van der Waals surface area contributed by atoms with E-state index in [2.05, 4.69) is 5.32 Å². The number of aromatic hydroxyl groups is 1. The van der Waals surface area contributed by atoms with Gasteiger partial charge >= 0.3 is 0 Å². The Labute approximate surface area is 137 Å². The number of carbonyl (C=O) groups is 1. The third kappa shape index (κ3) is 4.85. The van der Waals surface area contributed by atoms with Crippen molar-refractivity contribution in [1.29, 1.82) is 0 Å². The minimum Gasteiger partial charge on any atom is -0.508 e. The van der Waals surface area contributed by atoms with Gasteiger partial charge in [-0.1, -0.05) is 42.5 Å². The molecule has 0 radical (unpaired) electrons. The summed E-state index contributed by atoms with van der Waals surface area (Å²) in [6.45, 7) is 4.36. The monoisotopic (exact) mass is 307 g/mol. The fraction of sp³-hybridized carbons (Fsp3) is 0.150. The molecule has 23 heavy (non-hydrogen) atoms. The lowest BCUT2D eigenvalue weighted by molar-refractivity contribution is 0.0951. The van der Waals surface area contributed by atoms with Gasteiger partial charge in [0.1, 0.15) is 5.75 Å². The number of amides is 1. The Hall–Kier alpha value is -2.81. The lowest BCUT2D eigenvalue weighted by Gasteiger charge is -2.08. The van der Waals surface area contributed by atoms with Gasteiger partial charge in [-0.05, 0) is 54.8 Å². The number of nitrogens with one attached hydrogen (secondary N) is 1. The van der Waals surface area contributed by atoms with Gasteiger partial charge in [-0.2, -0.15) is 0 Å². The van der Waals surface area contributed by atoms with Crippen molar-refractivity contribution in [2.45, 2.75) is 20.4 Å². The van der Waals surface area contributed by atoms with Crippen LogP contribution in [-0.2, 0) is 6.54 Å². The number of phenols is 1. The van der Waals surface area contributed by atoms with Gasteiger partial charge in [0.2, 0.25) is 0 Å². The van der Waals surface area contributed by atoms with Crippen LogP contribution in [0.5, 0.6) is 5.75 Å². The van der Waals surface area contributed by atoms with Crippen LogP contribution in [0, 0.1) is 6.92 Å². The maximum Gasteiger partial charge on any atom is 0.251 e. The highest BCUT2D eigenvalue weighted by molar-refractivity contribution is 5.94. The summed E-state index contributed by atoms with van der Waals surface area (Å²) in [4.78, 5) is 12.3. The molecule has 2 aromatic rings. The Morgan fingerprint density at radius 2 is 2.00 bits per heavy atom. The lowest BCUT2D eigenvalue weighted by Crippen LogP contribution is -2.22. The minimum absolute atomic E-state index is 0.131. The van der Waals surface area contributed by atoms with Crippen molar-refractivity contribution in [2.75, 3.05) is 0 Å². The first-order valence-corrected chi connectivity index (χ1v) is 7.56. The van der Waals surface area contributed by atoms with Crippen molar-refractivity contribution < 1.29 is 9.90 Å². The average Bonchev–Trinajstić information content (AvgIpc) is 2.54. The first-order chi connectivity index (χ1) is 11.1. The third-order valence-corrected chi connectivity index (χ3v) is 3.48. The number of carbonyl (C=O) groups excluding carboxylic acids is 1. The Morgan fingerprint density at radius 3 is 2.74 bits per heavy atom. The van der Waals surface area contributed by atoms with E-state index in [-0.39, 0.29) is 11.7 Å². The van der Waals surface area contributed by atoms with Crippen LogP contribution in [-0.4, -0.2) is 11.0 Å². The number of benzene rings is 2. The number of allylic oxidation sites excluding steroid dienone is 3. The molecule has 1 amide bonds. The Kier molecular flexibility index (Phi) is 5.75. The van der Waals surface area contributed by atoms with Crippen LogP contribution >= 0.6 is 0 Å². The first kappa shape index (κ1) is 16.6. The van der Waals surface area contributed by atoms with Gasteiger partial charge in [0, 0.05) is 12.1 Å². The second-order valence-corrected chi connectivity index (χ2v) is 5.31. The van der Waals surface area contributed by atoms with Gasteiger partial charge in [-0.25, -0.2) is 0 Å². The molecule has 0 saturated carbocycles. The predicted molar refractivity (Wildman–Crippen MR) is 94.3 cm³/mol. The minimum atomic E-state index is -0.131. The predicted octanol–water partition coefficient (Wildman–Crippen LogP) is 4.22. The van der Waals surface area contributed by atoms with E-state index in [1.165, 1.54) is 0 Å². The van der Waals surface area contributed by atoms with Gasteiger partial charge < -0.3 is 10.4 Å². The van der Waals surface area contributed by atoms with E-state index in [1.807, 2.05) is 62.4 Å². The zero-order valence-corrected chi connectivity index (χ0v) is 13.4. The molecule has 2 aromatic carbocycles. The lowest BCUT2D eigenvalue weighted by atomic mass is 10.0. The van der Waals surface area contributed by atoms with Crippen LogP contribution < -0.4 is 5.32 Å². The summed E-state index contributed by atoms with van der Waals surface area (Å²) >= 11 is 0. The molecule has 0 fully saturated rings. The van der Waals surface area contributed by atoms with Crippen molar-refractivity contribution >= 4 is 12.0 Å². The molecular weight excluding hydrogens is 286 g/mol. The summed E-state index contributed by atoms with van der Waals surface area (Å²) in [5.41, 5.74) is 3.62. The van der Waals surface area contributed by atoms with Crippen LogP contribution in [0.25, 0.3) is 6.08 Å². The number of phenolic OH excluding ortho intramolecular Hbond substituents is 1. The molecule has 3 nitrogen and oxygen atoms in total. The largest absolute Gasteiger partial charge is 0.508 e. The van der Waals surface area contributed by atoms with Gasteiger partial charge in [-0.15, -0.1) is 0 Å². The molecule has 0 heterocycles. The summed E-state index contributed by atoms with van der Waals surface area (Å²) < 4.78 is 0. The molecule has 0 unspecified atom stereocenters. The molecule has 0 aromatic heterocycles. The second-order valence-electron chi connectivity index (χ2n) is 5.31. The van der Waals surface area contributed by atoms with E-state index >= 15 is 0 Å². The molecule has 0 aliphatic rings.